The SMILES string of the molecule is CCn1cc(O[C@@H]2COC[C@@H]2N)cn1. The topological polar surface area (TPSA) is 62.3 Å². The lowest BCUT2D eigenvalue weighted by atomic mass is 10.2. The van der Waals surface area contributed by atoms with E-state index in [1.807, 2.05) is 17.8 Å². The highest BCUT2D eigenvalue weighted by atomic mass is 16.5. The van der Waals surface area contributed by atoms with Gasteiger partial charge in [-0.1, -0.05) is 0 Å². The van der Waals surface area contributed by atoms with Crippen LogP contribution in [0.5, 0.6) is 5.75 Å². The van der Waals surface area contributed by atoms with E-state index in [-0.39, 0.29) is 12.1 Å². The summed E-state index contributed by atoms with van der Waals surface area (Å²) in [6, 6.07) is -0.0278. The Morgan fingerprint density at radius 2 is 2.57 bits per heavy atom. The number of ether oxygens (including phenoxy) is 2. The zero-order valence-electron chi connectivity index (χ0n) is 8.22. The summed E-state index contributed by atoms with van der Waals surface area (Å²) in [7, 11) is 0. The van der Waals surface area contributed by atoms with Crippen LogP contribution >= 0.6 is 0 Å². The predicted molar refractivity (Wildman–Crippen MR) is 51.1 cm³/mol. The molecule has 1 saturated heterocycles. The van der Waals surface area contributed by atoms with Gasteiger partial charge in [-0.25, -0.2) is 0 Å². The molecule has 14 heavy (non-hydrogen) atoms. The molecule has 1 aliphatic heterocycles. The van der Waals surface area contributed by atoms with Crippen molar-refractivity contribution in [3.63, 3.8) is 0 Å². The molecule has 78 valence electrons. The summed E-state index contributed by atoms with van der Waals surface area (Å²) in [5.41, 5.74) is 5.79. The van der Waals surface area contributed by atoms with Gasteiger partial charge in [-0.05, 0) is 6.92 Å². The highest BCUT2D eigenvalue weighted by molar-refractivity contribution is 5.12. The minimum absolute atomic E-state index is 0.0278. The lowest BCUT2D eigenvalue weighted by Crippen LogP contribution is -2.37. The van der Waals surface area contributed by atoms with Crippen LogP contribution in [-0.4, -0.2) is 35.1 Å². The Labute approximate surface area is 82.8 Å². The molecule has 0 aromatic carbocycles. The fourth-order valence-corrected chi connectivity index (χ4v) is 1.43. The summed E-state index contributed by atoms with van der Waals surface area (Å²) in [5, 5.41) is 4.11. The van der Waals surface area contributed by atoms with Crippen molar-refractivity contribution in [2.45, 2.75) is 25.6 Å². The van der Waals surface area contributed by atoms with Gasteiger partial charge in [-0.15, -0.1) is 0 Å². The molecule has 0 unspecified atom stereocenters. The second kappa shape index (κ2) is 3.98. The summed E-state index contributed by atoms with van der Waals surface area (Å²) >= 11 is 0. The molecule has 5 heteroatoms. The number of aryl methyl sites for hydroxylation is 1. The molecule has 0 aliphatic carbocycles. The van der Waals surface area contributed by atoms with Crippen molar-refractivity contribution in [3.8, 4) is 5.75 Å². The molecular formula is C9H15N3O2. The average molecular weight is 197 g/mol. The Morgan fingerprint density at radius 3 is 3.14 bits per heavy atom. The van der Waals surface area contributed by atoms with Gasteiger partial charge in [-0.2, -0.15) is 5.10 Å². The second-order valence-electron chi connectivity index (χ2n) is 3.39. The Kier molecular flexibility index (Phi) is 2.69. The molecule has 1 fully saturated rings. The summed E-state index contributed by atoms with van der Waals surface area (Å²) in [6.45, 7) is 4.02. The van der Waals surface area contributed by atoms with Crippen molar-refractivity contribution in [1.82, 2.24) is 9.78 Å². The van der Waals surface area contributed by atoms with Crippen LogP contribution < -0.4 is 10.5 Å². The number of aromatic nitrogens is 2. The Bertz CT molecular complexity index is 300. The first-order chi connectivity index (χ1) is 6.79. The quantitative estimate of drug-likeness (QED) is 0.741. The molecule has 5 nitrogen and oxygen atoms in total. The highest BCUT2D eigenvalue weighted by Crippen LogP contribution is 2.15. The van der Waals surface area contributed by atoms with Crippen LogP contribution in [0.2, 0.25) is 0 Å². The van der Waals surface area contributed by atoms with E-state index in [0.29, 0.717) is 13.2 Å². The zero-order chi connectivity index (χ0) is 9.97. The van der Waals surface area contributed by atoms with Crippen molar-refractivity contribution < 1.29 is 9.47 Å². The standard InChI is InChI=1S/C9H15N3O2/c1-2-12-4-7(3-11-12)14-9-6-13-5-8(9)10/h3-4,8-9H,2,5-6,10H2,1H3/t8-,9+/m0/s1. The maximum Gasteiger partial charge on any atom is 0.157 e. The molecule has 2 heterocycles. The van der Waals surface area contributed by atoms with Crippen LogP contribution in [0.3, 0.4) is 0 Å². The summed E-state index contributed by atoms with van der Waals surface area (Å²) in [4.78, 5) is 0. The molecule has 0 spiro atoms. The van der Waals surface area contributed by atoms with Crippen LogP contribution in [0.25, 0.3) is 0 Å². The highest BCUT2D eigenvalue weighted by Gasteiger charge is 2.26. The fourth-order valence-electron chi connectivity index (χ4n) is 1.43. The van der Waals surface area contributed by atoms with Crippen molar-refractivity contribution in [1.29, 1.82) is 0 Å². The van der Waals surface area contributed by atoms with E-state index >= 15 is 0 Å². The maximum atomic E-state index is 5.79. The van der Waals surface area contributed by atoms with Crippen LogP contribution in [0.4, 0.5) is 0 Å². The minimum atomic E-state index is -0.0375. The summed E-state index contributed by atoms with van der Waals surface area (Å²) in [6.07, 6.45) is 3.53. The zero-order valence-corrected chi connectivity index (χ0v) is 8.22. The first-order valence-electron chi connectivity index (χ1n) is 4.82. The Morgan fingerprint density at radius 1 is 1.71 bits per heavy atom. The smallest absolute Gasteiger partial charge is 0.157 e. The number of nitrogens with two attached hydrogens (primary N) is 1. The van der Waals surface area contributed by atoms with Crippen LogP contribution in [0.15, 0.2) is 12.4 Å². The van der Waals surface area contributed by atoms with Gasteiger partial charge >= 0.3 is 0 Å². The Balaban J connectivity index is 1.96. The third kappa shape index (κ3) is 1.88. The largest absolute Gasteiger partial charge is 0.483 e. The van der Waals surface area contributed by atoms with E-state index < -0.39 is 0 Å². The molecule has 2 rings (SSSR count). The molecule has 0 radical (unpaired) electrons. The van der Waals surface area contributed by atoms with Crippen molar-refractivity contribution in [3.05, 3.63) is 12.4 Å². The van der Waals surface area contributed by atoms with E-state index in [1.54, 1.807) is 6.20 Å². The van der Waals surface area contributed by atoms with Gasteiger partial charge in [0.05, 0.1) is 31.6 Å². The monoisotopic (exact) mass is 197 g/mol. The number of nitrogens with zero attached hydrogens (tertiary/aromatic N) is 2. The predicted octanol–water partition coefficient (Wildman–Crippen LogP) is 0.00790. The molecule has 0 bridgehead atoms. The molecule has 1 aromatic rings. The molecule has 0 saturated carbocycles. The molecule has 1 aliphatic rings. The van der Waals surface area contributed by atoms with E-state index in [4.69, 9.17) is 15.2 Å². The van der Waals surface area contributed by atoms with Gasteiger partial charge < -0.3 is 15.2 Å². The van der Waals surface area contributed by atoms with E-state index in [2.05, 4.69) is 5.10 Å². The van der Waals surface area contributed by atoms with Crippen LogP contribution in [-0.2, 0) is 11.3 Å². The van der Waals surface area contributed by atoms with Crippen LogP contribution in [0.1, 0.15) is 6.92 Å². The lowest BCUT2D eigenvalue weighted by molar-refractivity contribution is 0.140. The summed E-state index contributed by atoms with van der Waals surface area (Å²) in [5.74, 6) is 0.762. The molecule has 0 amide bonds. The minimum Gasteiger partial charge on any atom is -0.483 e. The van der Waals surface area contributed by atoms with Crippen LogP contribution in [0, 0.1) is 0 Å². The fraction of sp³-hybridized carbons (Fsp3) is 0.667. The van der Waals surface area contributed by atoms with Gasteiger partial charge in [0.2, 0.25) is 0 Å². The molecule has 2 atom stereocenters. The van der Waals surface area contributed by atoms with Gasteiger partial charge in [-0.3, -0.25) is 4.68 Å². The first kappa shape index (κ1) is 9.48. The molecular weight excluding hydrogens is 182 g/mol. The normalized spacial score (nSPS) is 26.7. The van der Waals surface area contributed by atoms with Gasteiger partial charge in [0, 0.05) is 6.54 Å². The lowest BCUT2D eigenvalue weighted by Gasteiger charge is -2.13. The maximum absolute atomic E-state index is 5.79. The number of rotatable bonds is 3. The van der Waals surface area contributed by atoms with Crippen molar-refractivity contribution in [2.75, 3.05) is 13.2 Å². The third-order valence-electron chi connectivity index (χ3n) is 2.29. The van der Waals surface area contributed by atoms with Gasteiger partial charge in [0.15, 0.2) is 5.75 Å². The number of hydrogen-bond acceptors (Lipinski definition) is 4. The molecule has 1 aromatic heterocycles. The van der Waals surface area contributed by atoms with Gasteiger partial charge in [0.25, 0.3) is 0 Å². The second-order valence-corrected chi connectivity index (χ2v) is 3.39. The molecule has 2 N–H and O–H groups in total. The van der Waals surface area contributed by atoms with E-state index in [9.17, 15) is 0 Å². The van der Waals surface area contributed by atoms with Crippen molar-refractivity contribution >= 4 is 0 Å². The average Bonchev–Trinajstić information content (AvgIpc) is 2.77. The number of hydrogen-bond donors (Lipinski definition) is 1. The van der Waals surface area contributed by atoms with Crippen molar-refractivity contribution in [2.24, 2.45) is 5.73 Å². The van der Waals surface area contributed by atoms with E-state index in [0.717, 1.165) is 12.3 Å². The third-order valence-corrected chi connectivity index (χ3v) is 2.29. The summed E-state index contributed by atoms with van der Waals surface area (Å²) < 4.78 is 12.7. The van der Waals surface area contributed by atoms with E-state index in [1.165, 1.54) is 0 Å². The van der Waals surface area contributed by atoms with Gasteiger partial charge in [0.1, 0.15) is 6.10 Å². The first-order valence-corrected chi connectivity index (χ1v) is 4.82. The Hall–Kier alpha value is -1.07.